The van der Waals surface area contributed by atoms with Gasteiger partial charge >= 0.3 is 0 Å². The molecule has 0 bridgehead atoms. The number of pyridine rings is 1. The van der Waals surface area contributed by atoms with Gasteiger partial charge in [-0.2, -0.15) is 0 Å². The summed E-state index contributed by atoms with van der Waals surface area (Å²) in [4.78, 5) is 22.0. The predicted molar refractivity (Wildman–Crippen MR) is 139 cm³/mol. The number of rotatable bonds is 6. The number of hydrogen-bond donors (Lipinski definition) is 3. The lowest BCUT2D eigenvalue weighted by atomic mass is 10.1. The third kappa shape index (κ3) is 5.02. The molecule has 2 heterocycles. The molecular weight excluding hydrogens is 424 g/mol. The largest absolute Gasteiger partial charge is 0.494 e. The second-order valence-corrected chi connectivity index (χ2v) is 8.73. The van der Waals surface area contributed by atoms with E-state index < -0.39 is 0 Å². The number of nitrogens with zero attached hydrogens (tertiary/aromatic N) is 2. The monoisotopic (exact) mass is 452 g/mol. The average Bonchev–Trinajstić information content (AvgIpc) is 2.86. The minimum absolute atomic E-state index is 0.195. The molecule has 1 fully saturated rings. The number of aromatic nitrogens is 1. The van der Waals surface area contributed by atoms with Crippen LogP contribution in [0.1, 0.15) is 30.4 Å². The van der Waals surface area contributed by atoms with Crippen LogP contribution in [0.5, 0.6) is 5.88 Å². The maximum atomic E-state index is 12.4. The van der Waals surface area contributed by atoms with Crippen molar-refractivity contribution in [3.05, 3.63) is 94.3 Å². The summed E-state index contributed by atoms with van der Waals surface area (Å²) in [5.41, 5.74) is 3.97. The Morgan fingerprint density at radius 2 is 1.68 bits per heavy atom. The number of aromatic amines is 1. The number of benzene rings is 3. The molecule has 0 atom stereocenters. The SMILES string of the molecule is O=c1[nH]c(O)c(C=Nc2ccc(CN3CCCCC3)cc2)c2cc(Nc3ccccc3)ccc12. The summed E-state index contributed by atoms with van der Waals surface area (Å²) in [6, 6.07) is 23.5. The average molecular weight is 453 g/mol. The molecule has 3 N–H and O–H groups in total. The van der Waals surface area contributed by atoms with Crippen LogP contribution in [-0.4, -0.2) is 34.3 Å². The lowest BCUT2D eigenvalue weighted by Gasteiger charge is -2.26. The van der Waals surface area contributed by atoms with Crippen molar-refractivity contribution in [1.82, 2.24) is 9.88 Å². The molecule has 0 radical (unpaired) electrons. The molecule has 6 nitrogen and oxygen atoms in total. The molecule has 5 rings (SSSR count). The molecule has 0 aliphatic carbocycles. The maximum absolute atomic E-state index is 12.4. The summed E-state index contributed by atoms with van der Waals surface area (Å²) >= 11 is 0. The van der Waals surface area contributed by atoms with E-state index in [9.17, 15) is 9.90 Å². The van der Waals surface area contributed by atoms with Crippen molar-refractivity contribution in [2.45, 2.75) is 25.8 Å². The van der Waals surface area contributed by atoms with Crippen LogP contribution in [-0.2, 0) is 6.54 Å². The van der Waals surface area contributed by atoms with E-state index in [1.54, 1.807) is 12.3 Å². The first-order valence-corrected chi connectivity index (χ1v) is 11.7. The van der Waals surface area contributed by atoms with Gasteiger partial charge in [-0.1, -0.05) is 36.8 Å². The predicted octanol–water partition coefficient (Wildman–Crippen LogP) is 5.71. The van der Waals surface area contributed by atoms with E-state index in [1.807, 2.05) is 54.6 Å². The van der Waals surface area contributed by atoms with Crippen LogP contribution >= 0.6 is 0 Å². The van der Waals surface area contributed by atoms with Gasteiger partial charge in [-0.05, 0) is 74.0 Å². The fourth-order valence-electron chi connectivity index (χ4n) is 4.43. The zero-order valence-electron chi connectivity index (χ0n) is 19.0. The summed E-state index contributed by atoms with van der Waals surface area (Å²) in [5, 5.41) is 15.0. The normalized spacial score (nSPS) is 14.6. The highest BCUT2D eigenvalue weighted by molar-refractivity contribution is 6.03. The zero-order chi connectivity index (χ0) is 23.3. The second-order valence-electron chi connectivity index (χ2n) is 8.73. The number of anilines is 2. The summed E-state index contributed by atoms with van der Waals surface area (Å²) in [7, 11) is 0. The quantitative estimate of drug-likeness (QED) is 0.327. The topological polar surface area (TPSA) is 80.7 Å². The molecule has 4 aromatic rings. The van der Waals surface area contributed by atoms with Crippen molar-refractivity contribution in [3.63, 3.8) is 0 Å². The molecule has 172 valence electrons. The molecule has 0 unspecified atom stereocenters. The molecule has 1 aromatic heterocycles. The summed E-state index contributed by atoms with van der Waals surface area (Å²) in [6.07, 6.45) is 5.50. The highest BCUT2D eigenvalue weighted by Gasteiger charge is 2.12. The standard InChI is InChI=1S/C28H28N4O2/c33-27-24-14-13-23(30-22-7-3-1-4-8-22)17-25(24)26(28(34)31-27)18-29-21-11-9-20(10-12-21)19-32-15-5-2-6-16-32/h1,3-4,7-14,17-18,30H,2,5-6,15-16,19H2,(H2,31,33,34). The molecule has 0 spiro atoms. The third-order valence-corrected chi connectivity index (χ3v) is 6.24. The van der Waals surface area contributed by atoms with Crippen molar-refractivity contribution < 1.29 is 5.11 Å². The molecule has 0 amide bonds. The Labute approximate surface area is 198 Å². The van der Waals surface area contributed by atoms with E-state index in [0.29, 0.717) is 16.3 Å². The van der Waals surface area contributed by atoms with Gasteiger partial charge in [0.15, 0.2) is 0 Å². The molecule has 1 aliphatic rings. The smallest absolute Gasteiger partial charge is 0.258 e. The lowest BCUT2D eigenvalue weighted by Crippen LogP contribution is -2.28. The zero-order valence-corrected chi connectivity index (χ0v) is 19.0. The molecular formula is C28H28N4O2. The van der Waals surface area contributed by atoms with Crippen LogP contribution in [0.15, 0.2) is 82.6 Å². The van der Waals surface area contributed by atoms with Gasteiger partial charge in [-0.25, -0.2) is 0 Å². The Morgan fingerprint density at radius 1 is 0.912 bits per heavy atom. The van der Waals surface area contributed by atoms with Crippen molar-refractivity contribution in [2.24, 2.45) is 4.99 Å². The second kappa shape index (κ2) is 9.93. The van der Waals surface area contributed by atoms with Gasteiger partial charge in [0.25, 0.3) is 5.56 Å². The van der Waals surface area contributed by atoms with Crippen molar-refractivity contribution in [2.75, 3.05) is 18.4 Å². The number of fused-ring (bicyclic) bond motifs is 1. The third-order valence-electron chi connectivity index (χ3n) is 6.24. The van der Waals surface area contributed by atoms with Gasteiger partial charge in [0.05, 0.1) is 11.3 Å². The number of nitrogens with one attached hydrogen (secondary N) is 2. The fraction of sp³-hybridized carbons (Fsp3) is 0.214. The van der Waals surface area contributed by atoms with E-state index >= 15 is 0 Å². The number of piperidine rings is 1. The van der Waals surface area contributed by atoms with Crippen LogP contribution < -0.4 is 10.9 Å². The van der Waals surface area contributed by atoms with Gasteiger partial charge in [0.2, 0.25) is 5.88 Å². The molecule has 1 aliphatic heterocycles. The van der Waals surface area contributed by atoms with Gasteiger partial charge in [0, 0.05) is 34.9 Å². The first-order chi connectivity index (χ1) is 16.7. The van der Waals surface area contributed by atoms with Crippen LogP contribution in [0.4, 0.5) is 17.1 Å². The minimum Gasteiger partial charge on any atom is -0.494 e. The summed E-state index contributed by atoms with van der Waals surface area (Å²) in [5.74, 6) is -0.195. The lowest BCUT2D eigenvalue weighted by molar-refractivity contribution is 0.221. The van der Waals surface area contributed by atoms with Gasteiger partial charge in [-0.3, -0.25) is 19.7 Å². The molecule has 0 saturated carbocycles. The summed E-state index contributed by atoms with van der Waals surface area (Å²) in [6.45, 7) is 3.30. The first-order valence-electron chi connectivity index (χ1n) is 11.7. The Balaban J connectivity index is 1.40. The molecule has 6 heteroatoms. The number of aromatic hydroxyl groups is 1. The number of hydrogen-bond acceptors (Lipinski definition) is 5. The van der Waals surface area contributed by atoms with Crippen LogP contribution in [0, 0.1) is 0 Å². The summed E-state index contributed by atoms with van der Waals surface area (Å²) < 4.78 is 0. The van der Waals surface area contributed by atoms with E-state index in [4.69, 9.17) is 0 Å². The number of H-pyrrole nitrogens is 1. The molecule has 1 saturated heterocycles. The van der Waals surface area contributed by atoms with Gasteiger partial charge < -0.3 is 10.4 Å². The van der Waals surface area contributed by atoms with Crippen molar-refractivity contribution in [3.8, 4) is 5.88 Å². The molecule has 3 aromatic carbocycles. The van der Waals surface area contributed by atoms with Crippen LogP contribution in [0.25, 0.3) is 10.8 Å². The number of likely N-dealkylation sites (tertiary alicyclic amines) is 1. The molecule has 34 heavy (non-hydrogen) atoms. The highest BCUT2D eigenvalue weighted by Crippen LogP contribution is 2.27. The van der Waals surface area contributed by atoms with E-state index in [2.05, 4.69) is 32.3 Å². The van der Waals surface area contributed by atoms with Crippen LogP contribution in [0.3, 0.4) is 0 Å². The number of aliphatic imine (C=N–C) groups is 1. The Hall–Kier alpha value is -3.90. The minimum atomic E-state index is -0.335. The fourth-order valence-corrected chi connectivity index (χ4v) is 4.43. The highest BCUT2D eigenvalue weighted by atomic mass is 16.3. The number of para-hydroxylation sites is 1. The van der Waals surface area contributed by atoms with Gasteiger partial charge in [0.1, 0.15) is 0 Å². The Morgan fingerprint density at radius 3 is 2.44 bits per heavy atom. The van der Waals surface area contributed by atoms with Crippen molar-refractivity contribution in [1.29, 1.82) is 0 Å². The van der Waals surface area contributed by atoms with Crippen LogP contribution in [0.2, 0.25) is 0 Å². The van der Waals surface area contributed by atoms with E-state index in [0.717, 1.165) is 23.6 Å². The Bertz CT molecular complexity index is 1360. The maximum Gasteiger partial charge on any atom is 0.258 e. The van der Waals surface area contributed by atoms with Gasteiger partial charge in [-0.15, -0.1) is 0 Å². The van der Waals surface area contributed by atoms with E-state index in [1.165, 1.54) is 37.9 Å². The van der Waals surface area contributed by atoms with E-state index in [-0.39, 0.29) is 11.4 Å². The first kappa shape index (κ1) is 21.9. The Kier molecular flexibility index (Phi) is 6.40. The van der Waals surface area contributed by atoms with Crippen molar-refractivity contribution >= 4 is 34.0 Å².